The molecule has 2 aromatic rings. The summed E-state index contributed by atoms with van der Waals surface area (Å²) in [5.74, 6) is -0.284. The molecule has 0 radical (unpaired) electrons. The number of anilines is 1. The fourth-order valence-corrected chi connectivity index (χ4v) is 2.06. The summed E-state index contributed by atoms with van der Waals surface area (Å²) >= 11 is 6.01. The van der Waals surface area contributed by atoms with Crippen molar-refractivity contribution in [2.45, 2.75) is 19.4 Å². The number of hydrogen-bond donors (Lipinski definition) is 1. The van der Waals surface area contributed by atoms with Gasteiger partial charge in [0.1, 0.15) is 5.82 Å². The molecule has 94 valence electrons. The van der Waals surface area contributed by atoms with Crippen LogP contribution >= 0.6 is 11.6 Å². The van der Waals surface area contributed by atoms with Gasteiger partial charge in [-0.25, -0.2) is 4.39 Å². The molecule has 0 spiro atoms. The Morgan fingerprint density at radius 1 is 1.17 bits per heavy atom. The van der Waals surface area contributed by atoms with Crippen LogP contribution in [0.2, 0.25) is 5.02 Å². The summed E-state index contributed by atoms with van der Waals surface area (Å²) < 4.78 is 13.1. The Labute approximate surface area is 112 Å². The molecule has 0 saturated carbocycles. The largest absolute Gasteiger partial charge is 0.381 e. The van der Waals surface area contributed by atoms with Crippen molar-refractivity contribution in [3.8, 4) is 0 Å². The van der Waals surface area contributed by atoms with Crippen LogP contribution < -0.4 is 5.32 Å². The summed E-state index contributed by atoms with van der Waals surface area (Å²) in [6.45, 7) is 2.05. The van der Waals surface area contributed by atoms with Gasteiger partial charge >= 0.3 is 0 Å². The molecular formula is C15H15ClFN. The van der Waals surface area contributed by atoms with E-state index in [-0.39, 0.29) is 11.9 Å². The van der Waals surface area contributed by atoms with E-state index in [2.05, 4.69) is 17.4 Å². The SMILES string of the molecule is CC(Cc1ccccc1)Nc1cc(F)ccc1Cl. The second-order valence-electron chi connectivity index (χ2n) is 4.36. The lowest BCUT2D eigenvalue weighted by Gasteiger charge is -2.16. The zero-order valence-corrected chi connectivity index (χ0v) is 10.9. The molecule has 0 aromatic heterocycles. The first-order valence-corrected chi connectivity index (χ1v) is 6.28. The minimum absolute atomic E-state index is 0.187. The van der Waals surface area contributed by atoms with Crippen LogP contribution in [0.5, 0.6) is 0 Å². The predicted octanol–water partition coefficient (Wildman–Crippen LogP) is 4.52. The number of rotatable bonds is 4. The zero-order chi connectivity index (χ0) is 13.0. The van der Waals surface area contributed by atoms with Gasteiger partial charge in [0.05, 0.1) is 10.7 Å². The van der Waals surface area contributed by atoms with E-state index in [0.717, 1.165) is 6.42 Å². The molecular weight excluding hydrogens is 249 g/mol. The number of nitrogens with one attached hydrogen (secondary N) is 1. The van der Waals surface area contributed by atoms with E-state index in [1.165, 1.54) is 17.7 Å². The lowest BCUT2D eigenvalue weighted by atomic mass is 10.1. The second-order valence-corrected chi connectivity index (χ2v) is 4.77. The predicted molar refractivity (Wildman–Crippen MR) is 74.6 cm³/mol. The normalized spacial score (nSPS) is 12.2. The van der Waals surface area contributed by atoms with Crippen molar-refractivity contribution in [2.24, 2.45) is 0 Å². The molecule has 0 heterocycles. The van der Waals surface area contributed by atoms with Gasteiger partial charge in [-0.15, -0.1) is 0 Å². The maximum atomic E-state index is 13.1. The van der Waals surface area contributed by atoms with Gasteiger partial charge < -0.3 is 5.32 Å². The number of halogens is 2. The molecule has 0 saturated heterocycles. The minimum Gasteiger partial charge on any atom is -0.381 e. The van der Waals surface area contributed by atoms with Crippen molar-refractivity contribution in [1.29, 1.82) is 0 Å². The summed E-state index contributed by atoms with van der Waals surface area (Å²) in [5, 5.41) is 3.77. The summed E-state index contributed by atoms with van der Waals surface area (Å²) in [4.78, 5) is 0. The van der Waals surface area contributed by atoms with E-state index >= 15 is 0 Å². The monoisotopic (exact) mass is 263 g/mol. The van der Waals surface area contributed by atoms with Gasteiger partial charge in [0, 0.05) is 6.04 Å². The molecule has 0 aliphatic heterocycles. The molecule has 0 fully saturated rings. The molecule has 0 bridgehead atoms. The molecule has 2 rings (SSSR count). The van der Waals surface area contributed by atoms with Crippen molar-refractivity contribution < 1.29 is 4.39 Å². The average molecular weight is 264 g/mol. The maximum Gasteiger partial charge on any atom is 0.125 e. The van der Waals surface area contributed by atoms with Crippen LogP contribution in [-0.2, 0) is 6.42 Å². The second kappa shape index (κ2) is 5.87. The van der Waals surface area contributed by atoms with Gasteiger partial charge in [0.25, 0.3) is 0 Å². The average Bonchev–Trinajstić information content (AvgIpc) is 2.35. The van der Waals surface area contributed by atoms with Crippen LogP contribution in [0, 0.1) is 5.82 Å². The highest BCUT2D eigenvalue weighted by molar-refractivity contribution is 6.33. The van der Waals surface area contributed by atoms with Crippen LogP contribution in [0.4, 0.5) is 10.1 Å². The van der Waals surface area contributed by atoms with Crippen LogP contribution in [0.3, 0.4) is 0 Å². The van der Waals surface area contributed by atoms with Crippen molar-refractivity contribution in [1.82, 2.24) is 0 Å². The van der Waals surface area contributed by atoms with Gasteiger partial charge in [0.2, 0.25) is 0 Å². The first kappa shape index (κ1) is 12.9. The summed E-state index contributed by atoms with van der Waals surface area (Å²) in [6, 6.07) is 14.7. The third kappa shape index (κ3) is 3.47. The minimum atomic E-state index is -0.284. The van der Waals surface area contributed by atoms with Crippen LogP contribution in [0.15, 0.2) is 48.5 Å². The van der Waals surface area contributed by atoms with Crippen molar-refractivity contribution in [3.63, 3.8) is 0 Å². The Hall–Kier alpha value is -1.54. The van der Waals surface area contributed by atoms with E-state index in [4.69, 9.17) is 11.6 Å². The molecule has 0 aliphatic carbocycles. The Bertz CT molecular complexity index is 513. The smallest absolute Gasteiger partial charge is 0.125 e. The Balaban J connectivity index is 2.03. The maximum absolute atomic E-state index is 13.1. The number of benzene rings is 2. The highest BCUT2D eigenvalue weighted by atomic mass is 35.5. The topological polar surface area (TPSA) is 12.0 Å². The van der Waals surface area contributed by atoms with Crippen molar-refractivity contribution >= 4 is 17.3 Å². The highest BCUT2D eigenvalue weighted by Gasteiger charge is 2.07. The molecule has 2 aromatic carbocycles. The first-order valence-electron chi connectivity index (χ1n) is 5.90. The van der Waals surface area contributed by atoms with E-state index < -0.39 is 0 Å². The fourth-order valence-electron chi connectivity index (χ4n) is 1.89. The standard InChI is InChI=1S/C15H15ClFN/c1-11(9-12-5-3-2-4-6-12)18-15-10-13(17)7-8-14(15)16/h2-8,10-11,18H,9H2,1H3. The Morgan fingerprint density at radius 3 is 2.61 bits per heavy atom. The van der Waals surface area contributed by atoms with Gasteiger partial charge in [-0.1, -0.05) is 41.9 Å². The van der Waals surface area contributed by atoms with E-state index in [0.29, 0.717) is 10.7 Å². The van der Waals surface area contributed by atoms with E-state index in [1.54, 1.807) is 6.07 Å². The highest BCUT2D eigenvalue weighted by Crippen LogP contribution is 2.23. The lowest BCUT2D eigenvalue weighted by molar-refractivity contribution is 0.627. The molecule has 1 atom stereocenters. The van der Waals surface area contributed by atoms with E-state index in [9.17, 15) is 4.39 Å². The quantitative estimate of drug-likeness (QED) is 0.855. The molecule has 0 aliphatic rings. The van der Waals surface area contributed by atoms with Crippen molar-refractivity contribution in [3.05, 3.63) is 64.9 Å². The van der Waals surface area contributed by atoms with Crippen molar-refractivity contribution in [2.75, 3.05) is 5.32 Å². The third-order valence-corrected chi connectivity index (χ3v) is 3.04. The van der Waals surface area contributed by atoms with Crippen LogP contribution in [-0.4, -0.2) is 6.04 Å². The summed E-state index contributed by atoms with van der Waals surface area (Å²) in [5.41, 5.74) is 1.88. The molecule has 3 heteroatoms. The third-order valence-electron chi connectivity index (χ3n) is 2.72. The summed E-state index contributed by atoms with van der Waals surface area (Å²) in [7, 11) is 0. The summed E-state index contributed by atoms with van der Waals surface area (Å²) in [6.07, 6.45) is 0.869. The van der Waals surface area contributed by atoms with Gasteiger partial charge in [-0.05, 0) is 37.1 Å². The molecule has 1 nitrogen and oxygen atoms in total. The molecule has 1 N–H and O–H groups in total. The fraction of sp³-hybridized carbons (Fsp3) is 0.200. The molecule has 0 amide bonds. The lowest BCUT2D eigenvalue weighted by Crippen LogP contribution is -2.18. The van der Waals surface area contributed by atoms with Gasteiger partial charge in [-0.2, -0.15) is 0 Å². The molecule has 1 unspecified atom stereocenters. The van der Waals surface area contributed by atoms with Crippen LogP contribution in [0.25, 0.3) is 0 Å². The van der Waals surface area contributed by atoms with Gasteiger partial charge in [-0.3, -0.25) is 0 Å². The van der Waals surface area contributed by atoms with Crippen LogP contribution in [0.1, 0.15) is 12.5 Å². The van der Waals surface area contributed by atoms with E-state index in [1.807, 2.05) is 25.1 Å². The number of hydrogen-bond acceptors (Lipinski definition) is 1. The van der Waals surface area contributed by atoms with Gasteiger partial charge in [0.15, 0.2) is 0 Å². The Morgan fingerprint density at radius 2 is 1.89 bits per heavy atom. The first-order chi connectivity index (χ1) is 8.65. The molecule has 18 heavy (non-hydrogen) atoms. The zero-order valence-electron chi connectivity index (χ0n) is 10.2. The Kier molecular flexibility index (Phi) is 4.21.